The van der Waals surface area contributed by atoms with Crippen LogP contribution < -0.4 is 21.1 Å². The molecule has 1 heterocycles. The molecular formula is C19H25N3O3. The lowest BCUT2D eigenvalue weighted by atomic mass is 9.65. The SMILES string of the molecule is CC1Oc2ccc(NC(=O)C3CC4CCCC(C3)C4N)cc2NC1=O. The monoisotopic (exact) mass is 343 g/mol. The molecule has 1 aliphatic heterocycles. The van der Waals surface area contributed by atoms with Gasteiger partial charge < -0.3 is 21.1 Å². The van der Waals surface area contributed by atoms with E-state index in [-0.39, 0.29) is 23.8 Å². The third-order valence-corrected chi connectivity index (χ3v) is 5.96. The van der Waals surface area contributed by atoms with E-state index in [4.69, 9.17) is 10.5 Å². The first-order chi connectivity index (χ1) is 12.0. The second kappa shape index (κ2) is 6.33. The van der Waals surface area contributed by atoms with Gasteiger partial charge >= 0.3 is 0 Å². The highest BCUT2D eigenvalue weighted by molar-refractivity contribution is 5.99. The fourth-order valence-electron chi connectivity index (χ4n) is 4.53. The van der Waals surface area contributed by atoms with Crippen molar-refractivity contribution in [2.24, 2.45) is 23.5 Å². The largest absolute Gasteiger partial charge is 0.479 e. The van der Waals surface area contributed by atoms with Crippen molar-refractivity contribution in [2.45, 2.75) is 51.2 Å². The van der Waals surface area contributed by atoms with Gasteiger partial charge in [-0.05, 0) is 62.6 Å². The number of anilines is 2. The number of amides is 2. The second-order valence-corrected chi connectivity index (χ2v) is 7.65. The van der Waals surface area contributed by atoms with E-state index in [0.29, 0.717) is 29.0 Å². The van der Waals surface area contributed by atoms with Crippen LogP contribution in [0.4, 0.5) is 11.4 Å². The first-order valence-corrected chi connectivity index (χ1v) is 9.19. The van der Waals surface area contributed by atoms with E-state index >= 15 is 0 Å². The summed E-state index contributed by atoms with van der Waals surface area (Å²) >= 11 is 0. The lowest BCUT2D eigenvalue weighted by molar-refractivity contribution is -0.123. The molecule has 2 aliphatic carbocycles. The molecule has 3 aliphatic rings. The number of ether oxygens (including phenoxy) is 1. The van der Waals surface area contributed by atoms with Crippen LogP contribution in [0, 0.1) is 17.8 Å². The molecule has 25 heavy (non-hydrogen) atoms. The Morgan fingerprint density at radius 3 is 2.72 bits per heavy atom. The van der Waals surface area contributed by atoms with Crippen LogP contribution in [-0.2, 0) is 9.59 Å². The molecule has 2 fully saturated rings. The Morgan fingerprint density at radius 1 is 1.28 bits per heavy atom. The van der Waals surface area contributed by atoms with Crippen LogP contribution in [0.15, 0.2) is 18.2 Å². The van der Waals surface area contributed by atoms with Gasteiger partial charge in [0.1, 0.15) is 5.75 Å². The van der Waals surface area contributed by atoms with Crippen LogP contribution in [0.25, 0.3) is 0 Å². The molecule has 6 heteroatoms. The van der Waals surface area contributed by atoms with Crippen molar-refractivity contribution in [3.63, 3.8) is 0 Å². The number of rotatable bonds is 2. The number of nitrogens with one attached hydrogen (secondary N) is 2. The first kappa shape index (κ1) is 16.4. The van der Waals surface area contributed by atoms with Crippen LogP contribution in [0.3, 0.4) is 0 Å². The lowest BCUT2D eigenvalue weighted by Crippen LogP contribution is -2.48. The molecule has 2 saturated carbocycles. The molecule has 6 nitrogen and oxygen atoms in total. The topological polar surface area (TPSA) is 93.4 Å². The molecule has 1 aromatic rings. The second-order valence-electron chi connectivity index (χ2n) is 7.65. The lowest BCUT2D eigenvalue weighted by Gasteiger charge is -2.43. The molecular weight excluding hydrogens is 318 g/mol. The smallest absolute Gasteiger partial charge is 0.265 e. The molecule has 0 aromatic heterocycles. The number of benzene rings is 1. The van der Waals surface area contributed by atoms with Crippen molar-refractivity contribution < 1.29 is 14.3 Å². The summed E-state index contributed by atoms with van der Waals surface area (Å²) in [7, 11) is 0. The molecule has 1 aromatic carbocycles. The molecule has 3 unspecified atom stereocenters. The summed E-state index contributed by atoms with van der Waals surface area (Å²) in [5, 5.41) is 5.81. The number of hydrogen-bond acceptors (Lipinski definition) is 4. The van der Waals surface area contributed by atoms with Gasteiger partial charge in [-0.3, -0.25) is 9.59 Å². The number of carbonyl (C=O) groups is 2. The van der Waals surface area contributed by atoms with E-state index in [2.05, 4.69) is 10.6 Å². The Morgan fingerprint density at radius 2 is 2.00 bits per heavy atom. The third-order valence-electron chi connectivity index (χ3n) is 5.96. The Kier molecular flexibility index (Phi) is 4.15. The van der Waals surface area contributed by atoms with Crippen LogP contribution in [0.2, 0.25) is 0 Å². The van der Waals surface area contributed by atoms with Crippen molar-refractivity contribution in [3.05, 3.63) is 18.2 Å². The molecule has 134 valence electrons. The zero-order chi connectivity index (χ0) is 17.6. The predicted molar refractivity (Wildman–Crippen MR) is 95.3 cm³/mol. The quantitative estimate of drug-likeness (QED) is 0.769. The Hall–Kier alpha value is -2.08. The highest BCUT2D eigenvalue weighted by Crippen LogP contribution is 2.42. The number of carbonyl (C=O) groups excluding carboxylic acids is 2. The molecule has 4 rings (SSSR count). The standard InChI is InChI=1S/C19H25N3O3/c1-10-18(23)22-15-9-14(5-6-16(15)25-10)21-19(24)13-7-11-3-2-4-12(8-13)17(11)20/h5-6,9-13,17H,2-4,7-8,20H2,1H3,(H,21,24)(H,22,23). The molecule has 2 bridgehead atoms. The summed E-state index contributed by atoms with van der Waals surface area (Å²) in [6.45, 7) is 1.71. The molecule has 4 N–H and O–H groups in total. The predicted octanol–water partition coefficient (Wildman–Crippen LogP) is 2.50. The van der Waals surface area contributed by atoms with E-state index in [1.54, 1.807) is 19.1 Å². The Labute approximate surface area is 147 Å². The minimum atomic E-state index is -0.501. The van der Waals surface area contributed by atoms with Crippen molar-refractivity contribution in [1.82, 2.24) is 0 Å². The maximum absolute atomic E-state index is 12.7. The Balaban J connectivity index is 1.45. The summed E-state index contributed by atoms with van der Waals surface area (Å²) in [5.41, 5.74) is 7.60. The average molecular weight is 343 g/mol. The van der Waals surface area contributed by atoms with Gasteiger partial charge in [0.05, 0.1) is 5.69 Å². The average Bonchev–Trinajstić information content (AvgIpc) is 2.56. The van der Waals surface area contributed by atoms with E-state index in [1.807, 2.05) is 6.07 Å². The minimum Gasteiger partial charge on any atom is -0.479 e. The van der Waals surface area contributed by atoms with Crippen LogP contribution in [-0.4, -0.2) is 24.0 Å². The fraction of sp³-hybridized carbons (Fsp3) is 0.579. The van der Waals surface area contributed by atoms with E-state index in [0.717, 1.165) is 25.7 Å². The van der Waals surface area contributed by atoms with Crippen LogP contribution >= 0.6 is 0 Å². The van der Waals surface area contributed by atoms with E-state index < -0.39 is 6.10 Å². The van der Waals surface area contributed by atoms with Gasteiger partial charge in [-0.15, -0.1) is 0 Å². The van der Waals surface area contributed by atoms with Crippen LogP contribution in [0.5, 0.6) is 5.75 Å². The number of fused-ring (bicyclic) bond motifs is 3. The van der Waals surface area contributed by atoms with Gasteiger partial charge in [-0.1, -0.05) is 6.42 Å². The van der Waals surface area contributed by atoms with Gasteiger partial charge in [0.2, 0.25) is 5.91 Å². The summed E-state index contributed by atoms with van der Waals surface area (Å²) in [4.78, 5) is 24.5. The maximum Gasteiger partial charge on any atom is 0.265 e. The van der Waals surface area contributed by atoms with Gasteiger partial charge in [-0.25, -0.2) is 0 Å². The first-order valence-electron chi connectivity index (χ1n) is 9.19. The van der Waals surface area contributed by atoms with E-state index in [9.17, 15) is 9.59 Å². The van der Waals surface area contributed by atoms with Gasteiger partial charge in [0.25, 0.3) is 5.91 Å². The van der Waals surface area contributed by atoms with Crippen molar-refractivity contribution in [2.75, 3.05) is 10.6 Å². The molecule has 0 radical (unpaired) electrons. The fourth-order valence-corrected chi connectivity index (χ4v) is 4.53. The summed E-state index contributed by atoms with van der Waals surface area (Å²) in [6.07, 6.45) is 4.78. The molecule has 3 atom stereocenters. The van der Waals surface area contributed by atoms with Gasteiger partial charge in [0, 0.05) is 17.6 Å². The van der Waals surface area contributed by atoms with Crippen molar-refractivity contribution in [3.8, 4) is 5.75 Å². The third kappa shape index (κ3) is 3.11. The van der Waals surface area contributed by atoms with Crippen molar-refractivity contribution in [1.29, 1.82) is 0 Å². The normalized spacial score (nSPS) is 33.7. The van der Waals surface area contributed by atoms with E-state index in [1.165, 1.54) is 6.42 Å². The van der Waals surface area contributed by atoms with Crippen LogP contribution in [0.1, 0.15) is 39.0 Å². The molecule has 0 spiro atoms. The van der Waals surface area contributed by atoms with Gasteiger partial charge in [-0.2, -0.15) is 0 Å². The van der Waals surface area contributed by atoms with Gasteiger partial charge in [0.15, 0.2) is 6.10 Å². The minimum absolute atomic E-state index is 0.0250. The zero-order valence-electron chi connectivity index (χ0n) is 14.5. The summed E-state index contributed by atoms with van der Waals surface area (Å²) in [5.74, 6) is 1.48. The highest BCUT2D eigenvalue weighted by atomic mass is 16.5. The number of hydrogen-bond donors (Lipinski definition) is 3. The maximum atomic E-state index is 12.7. The highest BCUT2D eigenvalue weighted by Gasteiger charge is 2.40. The zero-order valence-corrected chi connectivity index (χ0v) is 14.5. The molecule has 0 saturated heterocycles. The summed E-state index contributed by atoms with van der Waals surface area (Å²) < 4.78 is 5.54. The number of nitrogens with two attached hydrogens (primary N) is 1. The van der Waals surface area contributed by atoms with Crippen molar-refractivity contribution >= 4 is 23.2 Å². The Bertz CT molecular complexity index is 691. The molecule has 2 amide bonds. The summed E-state index contributed by atoms with van der Waals surface area (Å²) in [6, 6.07) is 5.62.